The Morgan fingerprint density at radius 3 is 1.92 bits per heavy atom. The monoisotopic (exact) mass is 350 g/mol. The lowest BCUT2D eigenvalue weighted by Gasteiger charge is -2.14. The third kappa shape index (κ3) is 4.41. The van der Waals surface area contributed by atoms with Gasteiger partial charge in [-0.05, 0) is 67.7 Å². The van der Waals surface area contributed by atoms with Crippen LogP contribution in [0.1, 0.15) is 37.5 Å². The normalized spacial score (nSPS) is 10.3. The van der Waals surface area contributed by atoms with Crippen molar-refractivity contribution in [3.05, 3.63) is 65.4 Å². The van der Waals surface area contributed by atoms with Crippen molar-refractivity contribution >= 4 is 0 Å². The molecular formula is C23H30N2O. The first-order valence-electron chi connectivity index (χ1n) is 9.43. The van der Waals surface area contributed by atoms with Gasteiger partial charge in [-0.1, -0.05) is 56.3 Å². The standard InChI is InChI=1S/C21H23NO.C2H7N/c1-4-15-12-18(13-16(5-2)19(15)6-3)21-20(14-23-22-21)17-10-8-7-9-11-17;1-3-2/h7-14H,4-6H2,1-3H3;3H,1-2H3. The van der Waals surface area contributed by atoms with Crippen molar-refractivity contribution < 1.29 is 4.52 Å². The zero-order chi connectivity index (χ0) is 18.9. The van der Waals surface area contributed by atoms with Gasteiger partial charge in [0.2, 0.25) is 0 Å². The van der Waals surface area contributed by atoms with Crippen LogP contribution >= 0.6 is 0 Å². The number of aryl methyl sites for hydroxylation is 2. The van der Waals surface area contributed by atoms with Crippen LogP contribution in [0.4, 0.5) is 0 Å². The van der Waals surface area contributed by atoms with Crippen LogP contribution in [-0.4, -0.2) is 19.3 Å². The minimum Gasteiger partial charge on any atom is -0.363 e. The molecule has 0 aliphatic heterocycles. The molecule has 0 aliphatic carbocycles. The summed E-state index contributed by atoms with van der Waals surface area (Å²) in [5, 5.41) is 7.04. The van der Waals surface area contributed by atoms with E-state index in [1.807, 2.05) is 32.3 Å². The summed E-state index contributed by atoms with van der Waals surface area (Å²) in [4.78, 5) is 0. The fourth-order valence-corrected chi connectivity index (χ4v) is 3.29. The average molecular weight is 351 g/mol. The van der Waals surface area contributed by atoms with E-state index in [1.165, 1.54) is 16.7 Å². The Morgan fingerprint density at radius 1 is 0.846 bits per heavy atom. The molecule has 0 amide bonds. The molecule has 1 heterocycles. The third-order valence-electron chi connectivity index (χ3n) is 4.48. The first kappa shape index (κ1) is 19.9. The lowest BCUT2D eigenvalue weighted by Crippen LogP contribution is -1.99. The van der Waals surface area contributed by atoms with Crippen LogP contribution in [0.5, 0.6) is 0 Å². The van der Waals surface area contributed by atoms with Crippen LogP contribution in [0.25, 0.3) is 22.4 Å². The highest BCUT2D eigenvalue weighted by atomic mass is 16.5. The Balaban J connectivity index is 0.000000758. The topological polar surface area (TPSA) is 38.1 Å². The van der Waals surface area contributed by atoms with Crippen molar-refractivity contribution in [2.45, 2.75) is 40.0 Å². The molecule has 26 heavy (non-hydrogen) atoms. The van der Waals surface area contributed by atoms with Gasteiger partial charge in [0.05, 0.1) is 0 Å². The summed E-state index contributed by atoms with van der Waals surface area (Å²) in [6, 6.07) is 14.9. The van der Waals surface area contributed by atoms with Gasteiger partial charge in [0.1, 0.15) is 12.0 Å². The maximum Gasteiger partial charge on any atom is 0.132 e. The molecule has 3 aromatic rings. The van der Waals surface area contributed by atoms with Gasteiger partial charge in [0.15, 0.2) is 0 Å². The highest BCUT2D eigenvalue weighted by Gasteiger charge is 2.15. The highest BCUT2D eigenvalue weighted by molar-refractivity contribution is 5.80. The number of nitrogens with zero attached hydrogens (tertiary/aromatic N) is 1. The second kappa shape index (κ2) is 9.93. The van der Waals surface area contributed by atoms with E-state index in [0.717, 1.165) is 41.6 Å². The molecule has 3 heteroatoms. The quantitative estimate of drug-likeness (QED) is 0.657. The van der Waals surface area contributed by atoms with Crippen LogP contribution in [0.2, 0.25) is 0 Å². The minimum atomic E-state index is 0.934. The Bertz CT molecular complexity index is 781. The Hall–Kier alpha value is -2.39. The number of aromatic nitrogens is 1. The van der Waals surface area contributed by atoms with Crippen molar-refractivity contribution in [1.29, 1.82) is 0 Å². The molecule has 3 nitrogen and oxygen atoms in total. The third-order valence-corrected chi connectivity index (χ3v) is 4.48. The molecule has 2 aromatic carbocycles. The summed E-state index contributed by atoms with van der Waals surface area (Å²) in [6.45, 7) is 6.68. The second-order valence-corrected chi connectivity index (χ2v) is 6.28. The van der Waals surface area contributed by atoms with Crippen LogP contribution < -0.4 is 5.32 Å². The molecule has 0 radical (unpaired) electrons. The average Bonchev–Trinajstić information content (AvgIpc) is 3.18. The van der Waals surface area contributed by atoms with E-state index >= 15 is 0 Å². The molecule has 1 aromatic heterocycles. The van der Waals surface area contributed by atoms with Gasteiger partial charge in [0.25, 0.3) is 0 Å². The molecule has 0 saturated heterocycles. The molecule has 138 valence electrons. The zero-order valence-electron chi connectivity index (χ0n) is 16.6. The number of rotatable bonds is 5. The Morgan fingerprint density at radius 2 is 1.42 bits per heavy atom. The molecule has 0 atom stereocenters. The van der Waals surface area contributed by atoms with Gasteiger partial charge in [-0.15, -0.1) is 0 Å². The molecule has 0 spiro atoms. The summed E-state index contributed by atoms with van der Waals surface area (Å²) in [7, 11) is 3.75. The maximum atomic E-state index is 5.31. The minimum absolute atomic E-state index is 0.934. The molecule has 3 rings (SSSR count). The number of hydrogen-bond donors (Lipinski definition) is 1. The molecule has 0 fully saturated rings. The number of benzene rings is 2. The van der Waals surface area contributed by atoms with Gasteiger partial charge in [-0.3, -0.25) is 0 Å². The predicted molar refractivity (Wildman–Crippen MR) is 110 cm³/mol. The van der Waals surface area contributed by atoms with Crippen LogP contribution in [0.3, 0.4) is 0 Å². The van der Waals surface area contributed by atoms with Crippen LogP contribution in [-0.2, 0) is 19.3 Å². The Labute approximate surface area is 157 Å². The van der Waals surface area contributed by atoms with E-state index in [0.29, 0.717) is 0 Å². The molecule has 0 saturated carbocycles. The summed E-state index contributed by atoms with van der Waals surface area (Å²) in [6.07, 6.45) is 4.91. The largest absolute Gasteiger partial charge is 0.363 e. The van der Waals surface area contributed by atoms with E-state index in [1.54, 1.807) is 6.26 Å². The van der Waals surface area contributed by atoms with E-state index in [-0.39, 0.29) is 0 Å². The lowest BCUT2D eigenvalue weighted by molar-refractivity contribution is 0.422. The molecule has 0 aliphatic rings. The SMILES string of the molecule is CCc1cc(-c2nocc2-c2ccccc2)cc(CC)c1CC.CNC. The Kier molecular flexibility index (Phi) is 7.61. The molecule has 1 N–H and O–H groups in total. The van der Waals surface area contributed by atoms with Crippen LogP contribution in [0.15, 0.2) is 53.3 Å². The fourth-order valence-electron chi connectivity index (χ4n) is 3.29. The summed E-state index contributed by atoms with van der Waals surface area (Å²) in [5.41, 5.74) is 8.61. The van der Waals surface area contributed by atoms with E-state index in [9.17, 15) is 0 Å². The molecular weight excluding hydrogens is 320 g/mol. The van der Waals surface area contributed by atoms with Crippen molar-refractivity contribution in [2.24, 2.45) is 0 Å². The molecule has 0 bridgehead atoms. The fraction of sp³-hybridized carbons (Fsp3) is 0.348. The highest BCUT2D eigenvalue weighted by Crippen LogP contribution is 2.33. The predicted octanol–water partition coefficient (Wildman–Crippen LogP) is 5.53. The second-order valence-electron chi connectivity index (χ2n) is 6.28. The van der Waals surface area contributed by atoms with Crippen molar-refractivity contribution in [2.75, 3.05) is 14.1 Å². The van der Waals surface area contributed by atoms with Gasteiger partial charge in [-0.25, -0.2) is 0 Å². The van der Waals surface area contributed by atoms with Gasteiger partial charge < -0.3 is 9.84 Å². The summed E-state index contributed by atoms with van der Waals surface area (Å²) >= 11 is 0. The first-order chi connectivity index (χ1) is 12.7. The smallest absolute Gasteiger partial charge is 0.132 e. The van der Waals surface area contributed by atoms with Gasteiger partial charge in [0, 0.05) is 11.1 Å². The zero-order valence-corrected chi connectivity index (χ0v) is 16.6. The van der Waals surface area contributed by atoms with Gasteiger partial charge >= 0.3 is 0 Å². The van der Waals surface area contributed by atoms with Crippen molar-refractivity contribution in [1.82, 2.24) is 10.5 Å². The van der Waals surface area contributed by atoms with E-state index in [2.05, 4.69) is 55.5 Å². The lowest BCUT2D eigenvalue weighted by atomic mass is 9.91. The van der Waals surface area contributed by atoms with Gasteiger partial charge in [-0.2, -0.15) is 0 Å². The number of nitrogens with one attached hydrogen (secondary N) is 1. The first-order valence-corrected chi connectivity index (χ1v) is 9.43. The van der Waals surface area contributed by atoms with Crippen LogP contribution in [0, 0.1) is 0 Å². The van der Waals surface area contributed by atoms with E-state index < -0.39 is 0 Å². The molecule has 0 unspecified atom stereocenters. The van der Waals surface area contributed by atoms with Crippen molar-refractivity contribution in [3.8, 4) is 22.4 Å². The summed E-state index contributed by atoms with van der Waals surface area (Å²) < 4.78 is 5.31. The van der Waals surface area contributed by atoms with Crippen molar-refractivity contribution in [3.63, 3.8) is 0 Å². The number of hydrogen-bond acceptors (Lipinski definition) is 3. The summed E-state index contributed by atoms with van der Waals surface area (Å²) in [5.74, 6) is 0. The maximum absolute atomic E-state index is 5.31. The van der Waals surface area contributed by atoms with E-state index in [4.69, 9.17) is 4.52 Å².